The number of hydrogen-bond donors (Lipinski definition) is 1. The minimum atomic E-state index is -3.05. The van der Waals surface area contributed by atoms with E-state index in [-0.39, 0.29) is 12.3 Å². The quantitative estimate of drug-likeness (QED) is 0.848. The Morgan fingerprint density at radius 1 is 1.38 bits per heavy atom. The second kappa shape index (κ2) is 5.27. The van der Waals surface area contributed by atoms with Crippen LogP contribution in [0.2, 0.25) is 5.02 Å². The van der Waals surface area contributed by atoms with Crippen molar-refractivity contribution in [3.05, 3.63) is 23.2 Å². The molecule has 1 saturated heterocycles. The van der Waals surface area contributed by atoms with Crippen LogP contribution in [0.3, 0.4) is 0 Å². The van der Waals surface area contributed by atoms with Gasteiger partial charge in [0.2, 0.25) is 0 Å². The van der Waals surface area contributed by atoms with Crippen molar-refractivity contribution in [3.63, 3.8) is 0 Å². The number of nitrogens with zero attached hydrogens (tertiary/aromatic N) is 4. The molecule has 1 aliphatic rings. The van der Waals surface area contributed by atoms with Gasteiger partial charge in [0.15, 0.2) is 15.7 Å². The number of anilines is 1. The SMILES string of the molecule is Nc1cc(Cl)cc(-c2nnnn2CC2CCCS2(=O)=O)c1. The van der Waals surface area contributed by atoms with Crippen LogP contribution in [0.15, 0.2) is 18.2 Å². The molecule has 3 rings (SSSR count). The van der Waals surface area contributed by atoms with E-state index in [1.54, 1.807) is 18.2 Å². The molecule has 1 fully saturated rings. The van der Waals surface area contributed by atoms with Crippen LogP contribution < -0.4 is 5.73 Å². The second-order valence-electron chi connectivity index (χ2n) is 5.09. The number of halogens is 1. The molecule has 0 amide bonds. The number of nitrogens with two attached hydrogens (primary N) is 1. The average Bonchev–Trinajstić information content (AvgIpc) is 2.96. The summed E-state index contributed by atoms with van der Waals surface area (Å²) in [5, 5.41) is 11.5. The lowest BCUT2D eigenvalue weighted by atomic mass is 10.2. The van der Waals surface area contributed by atoms with Crippen molar-refractivity contribution >= 4 is 27.1 Å². The average molecular weight is 328 g/mol. The number of benzene rings is 1. The van der Waals surface area contributed by atoms with E-state index in [4.69, 9.17) is 17.3 Å². The number of hydrogen-bond acceptors (Lipinski definition) is 6. The molecule has 0 saturated carbocycles. The van der Waals surface area contributed by atoms with Gasteiger partial charge in [-0.25, -0.2) is 13.1 Å². The summed E-state index contributed by atoms with van der Waals surface area (Å²) >= 11 is 5.98. The molecule has 112 valence electrons. The molecule has 2 heterocycles. The summed E-state index contributed by atoms with van der Waals surface area (Å²) in [7, 11) is -3.05. The minimum Gasteiger partial charge on any atom is -0.399 e. The molecule has 1 unspecified atom stereocenters. The molecule has 0 aliphatic carbocycles. The van der Waals surface area contributed by atoms with Crippen molar-refractivity contribution in [1.29, 1.82) is 0 Å². The van der Waals surface area contributed by atoms with Gasteiger partial charge in [-0.05, 0) is 41.5 Å². The van der Waals surface area contributed by atoms with Crippen LogP contribution >= 0.6 is 11.6 Å². The minimum absolute atomic E-state index is 0.235. The monoisotopic (exact) mass is 327 g/mol. The summed E-state index contributed by atoms with van der Waals surface area (Å²) in [6.45, 7) is 0.247. The van der Waals surface area contributed by atoms with E-state index in [2.05, 4.69) is 15.5 Å². The van der Waals surface area contributed by atoms with Crippen LogP contribution in [0.4, 0.5) is 5.69 Å². The van der Waals surface area contributed by atoms with Crippen molar-refractivity contribution in [2.24, 2.45) is 0 Å². The van der Waals surface area contributed by atoms with Crippen molar-refractivity contribution in [3.8, 4) is 11.4 Å². The lowest BCUT2D eigenvalue weighted by Crippen LogP contribution is -2.23. The highest BCUT2D eigenvalue weighted by molar-refractivity contribution is 7.92. The Morgan fingerprint density at radius 3 is 2.86 bits per heavy atom. The summed E-state index contributed by atoms with van der Waals surface area (Å²) < 4.78 is 25.3. The molecule has 0 bridgehead atoms. The molecule has 2 aromatic rings. The fourth-order valence-corrected chi connectivity index (χ4v) is 4.57. The Bertz CT molecular complexity index is 753. The smallest absolute Gasteiger partial charge is 0.182 e. The van der Waals surface area contributed by atoms with Gasteiger partial charge in [-0.1, -0.05) is 11.6 Å². The molecule has 9 heteroatoms. The Kier molecular flexibility index (Phi) is 3.58. The summed E-state index contributed by atoms with van der Waals surface area (Å²) in [6, 6.07) is 5.03. The Hall–Kier alpha value is -1.67. The normalized spacial score (nSPS) is 20.7. The van der Waals surface area contributed by atoms with Crippen LogP contribution in [-0.2, 0) is 16.4 Å². The summed E-state index contributed by atoms with van der Waals surface area (Å²) in [4.78, 5) is 0. The van der Waals surface area contributed by atoms with Gasteiger partial charge in [0.25, 0.3) is 0 Å². The van der Waals surface area contributed by atoms with Crippen molar-refractivity contribution in [2.75, 3.05) is 11.5 Å². The van der Waals surface area contributed by atoms with Crippen LogP contribution in [0, 0.1) is 0 Å². The van der Waals surface area contributed by atoms with Gasteiger partial charge in [0.05, 0.1) is 17.5 Å². The zero-order chi connectivity index (χ0) is 15.0. The number of nitrogen functional groups attached to an aromatic ring is 1. The predicted octanol–water partition coefficient (Wildman–Crippen LogP) is 1.15. The first kappa shape index (κ1) is 14.3. The predicted molar refractivity (Wildman–Crippen MR) is 79.5 cm³/mol. The zero-order valence-electron chi connectivity index (χ0n) is 11.1. The molecule has 1 atom stereocenters. The van der Waals surface area contributed by atoms with E-state index in [0.717, 1.165) is 0 Å². The summed E-state index contributed by atoms with van der Waals surface area (Å²) in [6.07, 6.45) is 1.33. The standard InChI is InChI=1S/C12H14ClN5O2S/c13-9-4-8(5-10(14)6-9)12-15-16-17-18(12)7-11-2-1-3-21(11,19)20/h4-6,11H,1-3,7,14H2. The lowest BCUT2D eigenvalue weighted by molar-refractivity contribution is 0.534. The Morgan fingerprint density at radius 2 is 2.19 bits per heavy atom. The highest BCUT2D eigenvalue weighted by Crippen LogP contribution is 2.26. The van der Waals surface area contributed by atoms with Crippen molar-refractivity contribution in [2.45, 2.75) is 24.6 Å². The third kappa shape index (κ3) is 2.86. The van der Waals surface area contributed by atoms with Crippen LogP contribution in [-0.4, -0.2) is 39.6 Å². The number of aromatic nitrogens is 4. The van der Waals surface area contributed by atoms with Gasteiger partial charge in [-0.15, -0.1) is 5.10 Å². The van der Waals surface area contributed by atoms with E-state index >= 15 is 0 Å². The molecule has 0 spiro atoms. The topological polar surface area (TPSA) is 104 Å². The molecular weight excluding hydrogens is 314 g/mol. The van der Waals surface area contributed by atoms with Crippen molar-refractivity contribution in [1.82, 2.24) is 20.2 Å². The van der Waals surface area contributed by atoms with E-state index in [1.165, 1.54) is 4.68 Å². The second-order valence-corrected chi connectivity index (χ2v) is 7.93. The molecule has 1 aromatic heterocycles. The molecular formula is C12H14ClN5O2S. The van der Waals surface area contributed by atoms with Gasteiger partial charge >= 0.3 is 0 Å². The summed E-state index contributed by atoms with van der Waals surface area (Å²) in [5.41, 5.74) is 6.93. The first-order valence-electron chi connectivity index (χ1n) is 6.50. The van der Waals surface area contributed by atoms with Crippen LogP contribution in [0.1, 0.15) is 12.8 Å². The van der Waals surface area contributed by atoms with Gasteiger partial charge < -0.3 is 5.73 Å². The van der Waals surface area contributed by atoms with Gasteiger partial charge in [-0.3, -0.25) is 0 Å². The molecule has 1 aromatic carbocycles. The maximum atomic E-state index is 11.9. The van der Waals surface area contributed by atoms with Gasteiger partial charge in [0.1, 0.15) is 0 Å². The third-order valence-corrected chi connectivity index (χ3v) is 6.03. The molecule has 2 N–H and O–H groups in total. The van der Waals surface area contributed by atoms with E-state index in [1.807, 2.05) is 0 Å². The number of rotatable bonds is 3. The first-order chi connectivity index (χ1) is 9.95. The third-order valence-electron chi connectivity index (χ3n) is 3.55. The van der Waals surface area contributed by atoms with Crippen LogP contribution in [0.5, 0.6) is 0 Å². The summed E-state index contributed by atoms with van der Waals surface area (Å²) in [5.74, 6) is 0.700. The van der Waals surface area contributed by atoms with Gasteiger partial charge in [0, 0.05) is 16.3 Å². The van der Waals surface area contributed by atoms with Crippen molar-refractivity contribution < 1.29 is 8.42 Å². The highest BCUT2D eigenvalue weighted by Gasteiger charge is 2.32. The highest BCUT2D eigenvalue weighted by atomic mass is 35.5. The molecule has 0 radical (unpaired) electrons. The first-order valence-corrected chi connectivity index (χ1v) is 8.59. The lowest BCUT2D eigenvalue weighted by Gasteiger charge is -2.10. The van der Waals surface area contributed by atoms with E-state index in [9.17, 15) is 8.42 Å². The maximum absolute atomic E-state index is 11.9. The molecule has 7 nitrogen and oxygen atoms in total. The fraction of sp³-hybridized carbons (Fsp3) is 0.417. The van der Waals surface area contributed by atoms with E-state index < -0.39 is 15.1 Å². The largest absolute Gasteiger partial charge is 0.399 e. The van der Waals surface area contributed by atoms with Crippen LogP contribution in [0.25, 0.3) is 11.4 Å². The maximum Gasteiger partial charge on any atom is 0.182 e. The van der Waals surface area contributed by atoms with Gasteiger partial charge in [-0.2, -0.15) is 0 Å². The zero-order valence-corrected chi connectivity index (χ0v) is 12.7. The fourth-order valence-electron chi connectivity index (χ4n) is 2.53. The Balaban J connectivity index is 1.94. The van der Waals surface area contributed by atoms with E-state index in [0.29, 0.717) is 34.9 Å². The molecule has 21 heavy (non-hydrogen) atoms. The molecule has 1 aliphatic heterocycles. The Labute approximate surface area is 127 Å². The number of sulfone groups is 1. The number of tetrazole rings is 1.